The van der Waals surface area contributed by atoms with Crippen molar-refractivity contribution in [1.29, 1.82) is 0 Å². The van der Waals surface area contributed by atoms with Crippen LogP contribution in [0.1, 0.15) is 33.3 Å². The van der Waals surface area contributed by atoms with Gasteiger partial charge in [-0.2, -0.15) is 5.10 Å². The summed E-state index contributed by atoms with van der Waals surface area (Å²) in [7, 11) is 0. The lowest BCUT2D eigenvalue weighted by Crippen LogP contribution is -2.12. The molecule has 7 nitrogen and oxygen atoms in total. The number of amides is 1. The maximum atomic E-state index is 12.3. The van der Waals surface area contributed by atoms with Crippen molar-refractivity contribution in [3.05, 3.63) is 58.9 Å². The third-order valence-electron chi connectivity index (χ3n) is 3.61. The van der Waals surface area contributed by atoms with Gasteiger partial charge in [0.2, 0.25) is 0 Å². The van der Waals surface area contributed by atoms with Gasteiger partial charge < -0.3 is 15.5 Å². The van der Waals surface area contributed by atoms with E-state index >= 15 is 0 Å². The van der Waals surface area contributed by atoms with E-state index in [4.69, 9.17) is 10.2 Å². The van der Waals surface area contributed by atoms with Crippen LogP contribution in [0.4, 0.5) is 5.69 Å². The van der Waals surface area contributed by atoms with E-state index in [1.54, 1.807) is 29.1 Å². The van der Waals surface area contributed by atoms with E-state index in [-0.39, 0.29) is 18.2 Å². The van der Waals surface area contributed by atoms with Gasteiger partial charge in [-0.1, -0.05) is 0 Å². The normalized spacial score (nSPS) is 10.8. The first-order chi connectivity index (χ1) is 11.5. The van der Waals surface area contributed by atoms with E-state index in [0.717, 1.165) is 17.0 Å². The number of nitrogens with zero attached hydrogens (tertiary/aromatic N) is 3. The van der Waals surface area contributed by atoms with Crippen LogP contribution in [0.2, 0.25) is 0 Å². The molecule has 0 fully saturated rings. The van der Waals surface area contributed by atoms with Crippen LogP contribution in [0.25, 0.3) is 5.82 Å². The lowest BCUT2D eigenvalue weighted by atomic mass is 10.2. The number of hydrogen-bond donors (Lipinski definition) is 2. The first kappa shape index (κ1) is 15.9. The molecule has 0 aliphatic carbocycles. The Morgan fingerprint density at radius 2 is 2.08 bits per heavy atom. The molecule has 7 heteroatoms. The van der Waals surface area contributed by atoms with Crippen LogP contribution < -0.4 is 11.1 Å². The minimum atomic E-state index is -0.326. The summed E-state index contributed by atoms with van der Waals surface area (Å²) in [6, 6.07) is 7.32. The summed E-state index contributed by atoms with van der Waals surface area (Å²) >= 11 is 0. The topological polar surface area (TPSA) is 99.0 Å². The fourth-order valence-corrected chi connectivity index (χ4v) is 2.51. The van der Waals surface area contributed by atoms with Crippen LogP contribution in [0.3, 0.4) is 0 Å². The van der Waals surface area contributed by atoms with Crippen molar-refractivity contribution < 1.29 is 9.21 Å². The fraction of sp³-hybridized carbons (Fsp3) is 0.235. The fourth-order valence-electron chi connectivity index (χ4n) is 2.51. The molecule has 0 aromatic carbocycles. The first-order valence-corrected chi connectivity index (χ1v) is 7.58. The second-order valence-corrected chi connectivity index (χ2v) is 5.63. The molecule has 24 heavy (non-hydrogen) atoms. The maximum absolute atomic E-state index is 12.3. The van der Waals surface area contributed by atoms with E-state index in [1.807, 2.05) is 26.8 Å². The number of nitrogens with two attached hydrogens (primary N) is 1. The molecule has 1 amide bonds. The monoisotopic (exact) mass is 325 g/mol. The molecule has 3 rings (SSSR count). The summed E-state index contributed by atoms with van der Waals surface area (Å²) < 4.78 is 7.19. The van der Waals surface area contributed by atoms with Crippen molar-refractivity contribution in [2.75, 3.05) is 5.32 Å². The van der Waals surface area contributed by atoms with E-state index in [1.165, 1.54) is 0 Å². The summed E-state index contributed by atoms with van der Waals surface area (Å²) in [5.74, 6) is 1.21. The number of carbonyl (C=O) groups is 1. The highest BCUT2D eigenvalue weighted by molar-refractivity contribution is 6.03. The van der Waals surface area contributed by atoms with Gasteiger partial charge in [0.25, 0.3) is 5.91 Å². The highest BCUT2D eigenvalue weighted by Gasteiger charge is 2.15. The predicted molar refractivity (Wildman–Crippen MR) is 90.1 cm³/mol. The molecule has 0 aliphatic rings. The SMILES string of the molecule is Cc1cc(C)n(-c2ccc(NC(=O)c3oc(CN)cc3C)cn2)n1. The van der Waals surface area contributed by atoms with Crippen LogP contribution in [0, 0.1) is 20.8 Å². The molecule has 0 atom stereocenters. The Morgan fingerprint density at radius 1 is 1.29 bits per heavy atom. The predicted octanol–water partition coefficient (Wildman–Crippen LogP) is 2.50. The Kier molecular flexibility index (Phi) is 4.18. The largest absolute Gasteiger partial charge is 0.454 e. The lowest BCUT2D eigenvalue weighted by Gasteiger charge is -2.06. The number of furan rings is 1. The molecular weight excluding hydrogens is 306 g/mol. The molecule has 0 aliphatic heterocycles. The average molecular weight is 325 g/mol. The van der Waals surface area contributed by atoms with Gasteiger partial charge in [-0.15, -0.1) is 0 Å². The zero-order chi connectivity index (χ0) is 17.3. The van der Waals surface area contributed by atoms with Crippen molar-refractivity contribution >= 4 is 11.6 Å². The Labute approximate surface area is 139 Å². The van der Waals surface area contributed by atoms with Crippen molar-refractivity contribution in [3.8, 4) is 5.82 Å². The van der Waals surface area contributed by atoms with Crippen LogP contribution in [-0.2, 0) is 6.54 Å². The Hall–Kier alpha value is -2.93. The number of carbonyl (C=O) groups excluding carboxylic acids is 1. The highest BCUT2D eigenvalue weighted by atomic mass is 16.4. The first-order valence-electron chi connectivity index (χ1n) is 7.58. The van der Waals surface area contributed by atoms with Crippen LogP contribution in [-0.4, -0.2) is 20.7 Å². The Balaban J connectivity index is 1.77. The molecule has 0 spiro atoms. The molecule has 0 saturated carbocycles. The average Bonchev–Trinajstić information content (AvgIpc) is 3.10. The Morgan fingerprint density at radius 3 is 2.62 bits per heavy atom. The zero-order valence-electron chi connectivity index (χ0n) is 13.8. The number of pyridine rings is 1. The maximum Gasteiger partial charge on any atom is 0.291 e. The van der Waals surface area contributed by atoms with Gasteiger partial charge in [0.05, 0.1) is 24.1 Å². The van der Waals surface area contributed by atoms with Crippen molar-refractivity contribution in [3.63, 3.8) is 0 Å². The lowest BCUT2D eigenvalue weighted by molar-refractivity contribution is 0.0994. The van der Waals surface area contributed by atoms with E-state index in [0.29, 0.717) is 17.3 Å². The van der Waals surface area contributed by atoms with E-state index < -0.39 is 0 Å². The van der Waals surface area contributed by atoms with E-state index in [2.05, 4.69) is 15.4 Å². The quantitative estimate of drug-likeness (QED) is 0.768. The van der Waals surface area contributed by atoms with Gasteiger partial charge >= 0.3 is 0 Å². The van der Waals surface area contributed by atoms with Crippen LogP contribution in [0.15, 0.2) is 34.9 Å². The molecular formula is C17H19N5O2. The number of nitrogens with one attached hydrogen (secondary N) is 1. The van der Waals surface area contributed by atoms with Gasteiger partial charge in [-0.05, 0) is 45.0 Å². The number of aryl methyl sites for hydroxylation is 3. The van der Waals surface area contributed by atoms with Crippen LogP contribution >= 0.6 is 0 Å². The van der Waals surface area contributed by atoms with Crippen molar-refractivity contribution in [2.45, 2.75) is 27.3 Å². The number of rotatable bonds is 4. The Bertz CT molecular complexity index is 877. The third kappa shape index (κ3) is 3.07. The number of anilines is 1. The molecule has 3 aromatic heterocycles. The summed E-state index contributed by atoms with van der Waals surface area (Å²) in [5.41, 5.74) is 8.78. The molecule has 3 N–H and O–H groups in total. The smallest absolute Gasteiger partial charge is 0.291 e. The summed E-state index contributed by atoms with van der Waals surface area (Å²) in [6.45, 7) is 5.96. The summed E-state index contributed by atoms with van der Waals surface area (Å²) in [6.07, 6.45) is 1.59. The van der Waals surface area contributed by atoms with Crippen LogP contribution in [0.5, 0.6) is 0 Å². The third-order valence-corrected chi connectivity index (χ3v) is 3.61. The highest BCUT2D eigenvalue weighted by Crippen LogP contribution is 2.17. The van der Waals surface area contributed by atoms with Gasteiger partial charge in [-0.25, -0.2) is 9.67 Å². The number of hydrogen-bond acceptors (Lipinski definition) is 5. The summed E-state index contributed by atoms with van der Waals surface area (Å²) in [4.78, 5) is 16.6. The minimum Gasteiger partial charge on any atom is -0.454 e. The minimum absolute atomic E-state index is 0.257. The standard InChI is InChI=1S/C17H19N5O2/c1-10-6-14(8-18)24-16(10)17(23)20-13-4-5-15(19-9-13)22-12(3)7-11(2)21-22/h4-7,9H,8,18H2,1-3H3,(H,20,23). The van der Waals surface area contributed by atoms with Crippen molar-refractivity contribution in [2.24, 2.45) is 5.73 Å². The zero-order valence-corrected chi connectivity index (χ0v) is 13.8. The molecule has 124 valence electrons. The molecule has 0 saturated heterocycles. The van der Waals surface area contributed by atoms with Gasteiger partial charge in [-0.3, -0.25) is 4.79 Å². The number of aromatic nitrogens is 3. The second kappa shape index (κ2) is 6.29. The molecule has 3 heterocycles. The van der Waals surface area contributed by atoms with E-state index in [9.17, 15) is 4.79 Å². The summed E-state index contributed by atoms with van der Waals surface area (Å²) in [5, 5.41) is 7.15. The second-order valence-electron chi connectivity index (χ2n) is 5.63. The van der Waals surface area contributed by atoms with Gasteiger partial charge in [0.15, 0.2) is 11.6 Å². The molecule has 3 aromatic rings. The molecule has 0 unspecified atom stereocenters. The molecule has 0 bridgehead atoms. The molecule has 0 radical (unpaired) electrons. The van der Waals surface area contributed by atoms with Crippen molar-refractivity contribution in [1.82, 2.24) is 14.8 Å². The van der Waals surface area contributed by atoms with Gasteiger partial charge in [0, 0.05) is 11.3 Å². The van der Waals surface area contributed by atoms with Gasteiger partial charge in [0.1, 0.15) is 5.76 Å².